The van der Waals surface area contributed by atoms with Crippen molar-refractivity contribution in [3.8, 4) is 17.3 Å². The van der Waals surface area contributed by atoms with E-state index < -0.39 is 0 Å². The minimum Gasteiger partial charge on any atom is -0.431 e. The maximum atomic E-state index is 13.1. The van der Waals surface area contributed by atoms with Crippen LogP contribution in [0.3, 0.4) is 0 Å². The van der Waals surface area contributed by atoms with Gasteiger partial charge in [-0.05, 0) is 51.1 Å². The van der Waals surface area contributed by atoms with Gasteiger partial charge in [-0.25, -0.2) is 19.3 Å². The zero-order valence-electron chi connectivity index (χ0n) is 17.1. The van der Waals surface area contributed by atoms with Crippen LogP contribution in [0.15, 0.2) is 52.2 Å². The van der Waals surface area contributed by atoms with Crippen LogP contribution in [-0.2, 0) is 4.79 Å². The molecule has 4 aromatic rings. The van der Waals surface area contributed by atoms with E-state index in [1.807, 2.05) is 26.8 Å². The van der Waals surface area contributed by atoms with E-state index in [0.717, 1.165) is 28.8 Å². The summed E-state index contributed by atoms with van der Waals surface area (Å²) in [5.41, 5.74) is 3.05. The quantitative estimate of drug-likeness (QED) is 0.452. The first kappa shape index (κ1) is 20.7. The first-order chi connectivity index (χ1) is 14.9. The van der Waals surface area contributed by atoms with E-state index in [4.69, 9.17) is 4.42 Å². The Kier molecular flexibility index (Phi) is 5.81. The Morgan fingerprint density at radius 2 is 1.81 bits per heavy atom. The molecule has 10 heteroatoms. The first-order valence-electron chi connectivity index (χ1n) is 9.41. The number of amides is 1. The lowest BCUT2D eigenvalue weighted by molar-refractivity contribution is -0.113. The lowest BCUT2D eigenvalue weighted by Gasteiger charge is -2.08. The summed E-state index contributed by atoms with van der Waals surface area (Å²) in [6, 6.07) is 9.53. The molecule has 1 aromatic carbocycles. The van der Waals surface area contributed by atoms with E-state index in [1.165, 1.54) is 16.8 Å². The van der Waals surface area contributed by atoms with Crippen molar-refractivity contribution in [1.82, 2.24) is 24.7 Å². The molecule has 0 radical (unpaired) electrons. The van der Waals surface area contributed by atoms with Crippen molar-refractivity contribution in [3.63, 3.8) is 0 Å². The molecule has 8 nitrogen and oxygen atoms in total. The number of aromatic nitrogens is 5. The Morgan fingerprint density at radius 3 is 2.52 bits per heavy atom. The highest BCUT2D eigenvalue weighted by atomic mass is 32.2. The second-order valence-corrected chi connectivity index (χ2v) is 7.79. The summed E-state index contributed by atoms with van der Waals surface area (Å²) in [6.07, 6.45) is 1.54. The highest BCUT2D eigenvalue weighted by Gasteiger charge is 2.15. The molecule has 0 spiro atoms. The number of halogens is 1. The monoisotopic (exact) mass is 438 g/mol. The van der Waals surface area contributed by atoms with Crippen LogP contribution in [0.4, 0.5) is 10.2 Å². The van der Waals surface area contributed by atoms with Gasteiger partial charge >= 0.3 is 0 Å². The van der Waals surface area contributed by atoms with Crippen LogP contribution in [0, 0.1) is 26.6 Å². The average Bonchev–Trinajstić information content (AvgIpc) is 3.33. The Bertz CT molecular complexity index is 1210. The summed E-state index contributed by atoms with van der Waals surface area (Å²) in [6.45, 7) is 5.58. The number of rotatable bonds is 6. The number of oxazole rings is 1. The van der Waals surface area contributed by atoms with Gasteiger partial charge in [0.15, 0.2) is 5.76 Å². The Labute approximate surface area is 181 Å². The molecule has 3 aromatic heterocycles. The van der Waals surface area contributed by atoms with Crippen molar-refractivity contribution in [2.75, 3.05) is 11.1 Å². The summed E-state index contributed by atoms with van der Waals surface area (Å²) in [4.78, 5) is 25.5. The summed E-state index contributed by atoms with van der Waals surface area (Å²) in [7, 11) is 0. The lowest BCUT2D eigenvalue weighted by atomic mass is 10.2. The molecule has 1 N–H and O–H groups in total. The average molecular weight is 438 g/mol. The molecular weight excluding hydrogens is 419 g/mol. The van der Waals surface area contributed by atoms with Crippen molar-refractivity contribution >= 4 is 23.5 Å². The van der Waals surface area contributed by atoms with Gasteiger partial charge in [-0.3, -0.25) is 4.79 Å². The summed E-state index contributed by atoms with van der Waals surface area (Å²) in [5.74, 6) is 0.884. The second kappa shape index (κ2) is 8.68. The van der Waals surface area contributed by atoms with Crippen molar-refractivity contribution < 1.29 is 13.6 Å². The van der Waals surface area contributed by atoms with Crippen LogP contribution in [0.25, 0.3) is 17.3 Å². The smallest absolute Gasteiger partial charge is 0.256 e. The molecular formula is C21H19FN6O2S. The van der Waals surface area contributed by atoms with Crippen molar-refractivity contribution in [1.29, 1.82) is 0 Å². The number of hydrogen-bond donors (Lipinski definition) is 1. The molecule has 31 heavy (non-hydrogen) atoms. The van der Waals surface area contributed by atoms with Gasteiger partial charge < -0.3 is 9.73 Å². The highest BCUT2D eigenvalue weighted by Crippen LogP contribution is 2.26. The third-order valence-electron chi connectivity index (χ3n) is 4.20. The fourth-order valence-corrected chi connectivity index (χ4v) is 3.52. The van der Waals surface area contributed by atoms with Gasteiger partial charge in [0.2, 0.25) is 5.91 Å². The molecule has 4 rings (SSSR count). The zero-order chi connectivity index (χ0) is 22.0. The molecule has 0 fully saturated rings. The van der Waals surface area contributed by atoms with Crippen LogP contribution < -0.4 is 5.32 Å². The largest absolute Gasteiger partial charge is 0.431 e. The van der Waals surface area contributed by atoms with Crippen LogP contribution in [0.5, 0.6) is 0 Å². The Hall–Kier alpha value is -3.53. The fraction of sp³-hybridized carbons (Fsp3) is 0.190. The maximum absolute atomic E-state index is 13.1. The molecule has 158 valence electrons. The van der Waals surface area contributed by atoms with E-state index in [0.29, 0.717) is 28.3 Å². The lowest BCUT2D eigenvalue weighted by Crippen LogP contribution is -2.18. The minimum atomic E-state index is -0.324. The summed E-state index contributed by atoms with van der Waals surface area (Å²) < 4.78 is 20.2. The minimum absolute atomic E-state index is 0.0846. The second-order valence-electron chi connectivity index (χ2n) is 6.87. The van der Waals surface area contributed by atoms with Crippen molar-refractivity contribution in [3.05, 3.63) is 65.5 Å². The molecule has 1 amide bonds. The third kappa shape index (κ3) is 4.97. The van der Waals surface area contributed by atoms with Gasteiger partial charge in [0, 0.05) is 23.0 Å². The molecule has 0 bridgehead atoms. The number of carbonyl (C=O) groups excluding carboxylic acids is 1. The van der Waals surface area contributed by atoms with E-state index >= 15 is 0 Å². The number of nitrogens with zero attached hydrogens (tertiary/aromatic N) is 5. The summed E-state index contributed by atoms with van der Waals surface area (Å²) in [5, 5.41) is 7.57. The predicted octanol–water partition coefficient (Wildman–Crippen LogP) is 4.11. The van der Waals surface area contributed by atoms with Crippen LogP contribution in [0.1, 0.15) is 17.1 Å². The molecule has 0 saturated heterocycles. The van der Waals surface area contributed by atoms with Crippen LogP contribution in [0.2, 0.25) is 0 Å². The number of carbonyl (C=O) groups is 1. The number of nitrogens with one attached hydrogen (secondary N) is 1. The topological polar surface area (TPSA) is 98.7 Å². The van der Waals surface area contributed by atoms with Gasteiger partial charge in [0.05, 0.1) is 17.6 Å². The van der Waals surface area contributed by atoms with Crippen LogP contribution in [-0.4, -0.2) is 36.4 Å². The standard InChI is InChI=1S/C21H19FN6O2S/c1-12-8-13(2)25-20(24-12)28-18(9-14(3)27-28)26-19(29)11-31-21-23-10-17(30-21)15-4-6-16(22)7-5-15/h4-10H,11H2,1-3H3,(H,26,29). The number of aryl methyl sites for hydroxylation is 3. The predicted molar refractivity (Wildman–Crippen MR) is 115 cm³/mol. The molecule has 0 aliphatic carbocycles. The molecule has 0 aliphatic rings. The Morgan fingerprint density at radius 1 is 1.10 bits per heavy atom. The maximum Gasteiger partial charge on any atom is 0.256 e. The number of anilines is 1. The highest BCUT2D eigenvalue weighted by molar-refractivity contribution is 7.99. The third-order valence-corrected chi connectivity index (χ3v) is 5.04. The van der Waals surface area contributed by atoms with E-state index in [2.05, 4.69) is 25.4 Å². The normalized spacial score (nSPS) is 11.0. The van der Waals surface area contributed by atoms with Crippen molar-refractivity contribution in [2.45, 2.75) is 26.0 Å². The van der Waals surface area contributed by atoms with Gasteiger partial charge in [-0.1, -0.05) is 11.8 Å². The van der Waals surface area contributed by atoms with E-state index in [1.54, 1.807) is 24.4 Å². The van der Waals surface area contributed by atoms with Gasteiger partial charge in [0.25, 0.3) is 11.2 Å². The van der Waals surface area contributed by atoms with E-state index in [-0.39, 0.29) is 17.5 Å². The molecule has 0 saturated carbocycles. The first-order valence-corrected chi connectivity index (χ1v) is 10.4. The van der Waals surface area contributed by atoms with Gasteiger partial charge in [0.1, 0.15) is 11.6 Å². The number of hydrogen-bond acceptors (Lipinski definition) is 7. The molecule has 0 aliphatic heterocycles. The molecule has 3 heterocycles. The van der Waals surface area contributed by atoms with Gasteiger partial charge in [-0.15, -0.1) is 0 Å². The number of thioether (sulfide) groups is 1. The SMILES string of the molecule is Cc1cc(C)nc(-n2nc(C)cc2NC(=O)CSc2ncc(-c3ccc(F)cc3)o2)n1. The Balaban J connectivity index is 1.43. The van der Waals surface area contributed by atoms with Gasteiger partial charge in [-0.2, -0.15) is 9.78 Å². The fourth-order valence-electron chi connectivity index (χ4n) is 2.92. The van der Waals surface area contributed by atoms with Crippen LogP contribution >= 0.6 is 11.8 Å². The molecule has 0 atom stereocenters. The number of benzene rings is 1. The molecule has 0 unspecified atom stereocenters. The zero-order valence-corrected chi connectivity index (χ0v) is 17.9. The van der Waals surface area contributed by atoms with Crippen molar-refractivity contribution in [2.24, 2.45) is 0 Å². The summed E-state index contributed by atoms with van der Waals surface area (Å²) >= 11 is 1.15. The van der Waals surface area contributed by atoms with E-state index in [9.17, 15) is 9.18 Å².